The summed E-state index contributed by atoms with van der Waals surface area (Å²) < 4.78 is 5.73. The molecule has 1 aromatic heterocycles. The number of aryl methyl sites for hydroxylation is 1. The van der Waals surface area contributed by atoms with E-state index in [0.29, 0.717) is 35.4 Å². The maximum absolute atomic E-state index is 12.1. The van der Waals surface area contributed by atoms with Crippen molar-refractivity contribution >= 4 is 17.5 Å². The summed E-state index contributed by atoms with van der Waals surface area (Å²) in [5, 5.41) is 7.07. The second kappa shape index (κ2) is 7.81. The SMILES string of the molecule is CC1CNCCC1NC(=O)CCc1ncc(-c2ccccc2Cl)o1. The molecule has 0 bridgehead atoms. The van der Waals surface area contributed by atoms with Gasteiger partial charge in [0.2, 0.25) is 5.91 Å². The standard InChI is InChI=1S/C18H22ClN3O2/c1-12-10-20-9-8-15(12)22-17(23)6-7-18-21-11-16(24-18)13-4-2-3-5-14(13)19/h2-5,11-12,15,20H,6-10H2,1H3,(H,22,23). The third kappa shape index (κ3) is 4.16. The van der Waals surface area contributed by atoms with Crippen LogP contribution in [0.15, 0.2) is 34.9 Å². The highest BCUT2D eigenvalue weighted by molar-refractivity contribution is 6.33. The summed E-state index contributed by atoms with van der Waals surface area (Å²) >= 11 is 6.16. The lowest BCUT2D eigenvalue weighted by molar-refractivity contribution is -0.122. The molecule has 2 heterocycles. The molecule has 1 fully saturated rings. The molecular weight excluding hydrogens is 326 g/mol. The molecule has 24 heavy (non-hydrogen) atoms. The molecule has 2 atom stereocenters. The molecule has 1 saturated heterocycles. The van der Waals surface area contributed by atoms with Crippen molar-refractivity contribution in [2.24, 2.45) is 5.92 Å². The summed E-state index contributed by atoms with van der Waals surface area (Å²) in [5.41, 5.74) is 0.811. The lowest BCUT2D eigenvalue weighted by Crippen LogP contribution is -2.48. The topological polar surface area (TPSA) is 67.2 Å². The van der Waals surface area contributed by atoms with Crippen molar-refractivity contribution in [3.8, 4) is 11.3 Å². The zero-order chi connectivity index (χ0) is 16.9. The van der Waals surface area contributed by atoms with E-state index >= 15 is 0 Å². The number of hydrogen-bond donors (Lipinski definition) is 2. The molecule has 2 unspecified atom stereocenters. The van der Waals surface area contributed by atoms with E-state index in [9.17, 15) is 4.79 Å². The Balaban J connectivity index is 1.54. The molecule has 5 nitrogen and oxygen atoms in total. The van der Waals surface area contributed by atoms with Crippen LogP contribution < -0.4 is 10.6 Å². The lowest BCUT2D eigenvalue weighted by Gasteiger charge is -2.30. The summed E-state index contributed by atoms with van der Waals surface area (Å²) in [6, 6.07) is 7.72. The first-order valence-electron chi connectivity index (χ1n) is 8.33. The number of piperidine rings is 1. The molecular formula is C18H22ClN3O2. The third-order valence-corrected chi connectivity index (χ3v) is 4.72. The van der Waals surface area contributed by atoms with Gasteiger partial charge >= 0.3 is 0 Å². The number of carbonyl (C=O) groups excluding carboxylic acids is 1. The Morgan fingerprint density at radius 2 is 2.29 bits per heavy atom. The number of amides is 1. The maximum atomic E-state index is 12.1. The highest BCUT2D eigenvalue weighted by Crippen LogP contribution is 2.28. The smallest absolute Gasteiger partial charge is 0.220 e. The number of nitrogens with one attached hydrogen (secondary N) is 2. The lowest BCUT2D eigenvalue weighted by atomic mass is 9.95. The summed E-state index contributed by atoms with van der Waals surface area (Å²) in [4.78, 5) is 16.4. The molecule has 0 saturated carbocycles. The van der Waals surface area contributed by atoms with Crippen LogP contribution in [0.25, 0.3) is 11.3 Å². The van der Waals surface area contributed by atoms with E-state index in [1.165, 1.54) is 0 Å². The van der Waals surface area contributed by atoms with Crippen molar-refractivity contribution in [2.45, 2.75) is 32.2 Å². The summed E-state index contributed by atoms with van der Waals surface area (Å²) in [6.07, 6.45) is 3.49. The highest BCUT2D eigenvalue weighted by Gasteiger charge is 2.22. The van der Waals surface area contributed by atoms with Crippen molar-refractivity contribution in [3.05, 3.63) is 41.4 Å². The monoisotopic (exact) mass is 347 g/mol. The Bertz CT molecular complexity index is 701. The van der Waals surface area contributed by atoms with Crippen molar-refractivity contribution in [1.29, 1.82) is 0 Å². The van der Waals surface area contributed by atoms with Gasteiger partial charge in [-0.2, -0.15) is 0 Å². The Morgan fingerprint density at radius 1 is 1.46 bits per heavy atom. The van der Waals surface area contributed by atoms with Gasteiger partial charge in [0.25, 0.3) is 0 Å². The average molecular weight is 348 g/mol. The molecule has 0 radical (unpaired) electrons. The molecule has 128 valence electrons. The zero-order valence-corrected chi connectivity index (χ0v) is 14.5. The highest BCUT2D eigenvalue weighted by atomic mass is 35.5. The van der Waals surface area contributed by atoms with Crippen LogP contribution in [0.5, 0.6) is 0 Å². The molecule has 1 aliphatic heterocycles. The number of benzene rings is 1. The van der Waals surface area contributed by atoms with Gasteiger partial charge in [-0.1, -0.05) is 30.7 Å². The first-order valence-corrected chi connectivity index (χ1v) is 8.71. The fraction of sp³-hybridized carbons (Fsp3) is 0.444. The first-order chi connectivity index (χ1) is 11.6. The second-order valence-corrected chi connectivity index (χ2v) is 6.65. The molecule has 0 spiro atoms. The quantitative estimate of drug-likeness (QED) is 0.872. The van der Waals surface area contributed by atoms with E-state index in [0.717, 1.165) is 25.1 Å². The number of halogens is 1. The van der Waals surface area contributed by atoms with Crippen LogP contribution in [0, 0.1) is 5.92 Å². The van der Waals surface area contributed by atoms with Gasteiger partial charge < -0.3 is 15.1 Å². The van der Waals surface area contributed by atoms with Crippen molar-refractivity contribution in [1.82, 2.24) is 15.6 Å². The summed E-state index contributed by atoms with van der Waals surface area (Å²) in [5.74, 6) is 1.68. The average Bonchev–Trinajstić information content (AvgIpc) is 3.04. The van der Waals surface area contributed by atoms with Crippen LogP contribution in [0.4, 0.5) is 0 Å². The molecule has 0 aliphatic carbocycles. The van der Waals surface area contributed by atoms with Crippen molar-refractivity contribution in [3.63, 3.8) is 0 Å². The summed E-state index contributed by atoms with van der Waals surface area (Å²) in [7, 11) is 0. The fourth-order valence-electron chi connectivity index (χ4n) is 2.94. The van der Waals surface area contributed by atoms with Crippen LogP contribution in [0.1, 0.15) is 25.7 Å². The normalized spacial score (nSPS) is 20.8. The summed E-state index contributed by atoms with van der Waals surface area (Å²) in [6.45, 7) is 4.06. The van der Waals surface area contributed by atoms with Crippen LogP contribution in [0.2, 0.25) is 5.02 Å². The number of oxazole rings is 1. The van der Waals surface area contributed by atoms with Crippen LogP contribution in [-0.4, -0.2) is 30.0 Å². The Morgan fingerprint density at radius 3 is 3.08 bits per heavy atom. The van der Waals surface area contributed by atoms with Gasteiger partial charge in [0.15, 0.2) is 11.7 Å². The molecule has 2 aromatic rings. The number of rotatable bonds is 5. The predicted octanol–water partition coefficient (Wildman–Crippen LogP) is 3.04. The van der Waals surface area contributed by atoms with Crippen LogP contribution in [0.3, 0.4) is 0 Å². The minimum absolute atomic E-state index is 0.0474. The Kier molecular flexibility index (Phi) is 5.53. The van der Waals surface area contributed by atoms with Crippen molar-refractivity contribution in [2.75, 3.05) is 13.1 Å². The van der Waals surface area contributed by atoms with E-state index in [2.05, 4.69) is 22.5 Å². The Labute approximate surface area is 146 Å². The maximum Gasteiger partial charge on any atom is 0.220 e. The van der Waals surface area contributed by atoms with Crippen LogP contribution in [-0.2, 0) is 11.2 Å². The van der Waals surface area contributed by atoms with E-state index < -0.39 is 0 Å². The van der Waals surface area contributed by atoms with Gasteiger partial charge in [-0.25, -0.2) is 4.98 Å². The van der Waals surface area contributed by atoms with Gasteiger partial charge in [0.1, 0.15) is 0 Å². The van der Waals surface area contributed by atoms with E-state index in [-0.39, 0.29) is 11.9 Å². The molecule has 1 amide bonds. The number of aromatic nitrogens is 1. The van der Waals surface area contributed by atoms with Gasteiger partial charge in [-0.05, 0) is 37.6 Å². The first kappa shape index (κ1) is 17.0. The number of hydrogen-bond acceptors (Lipinski definition) is 4. The largest absolute Gasteiger partial charge is 0.441 e. The number of nitrogens with zero attached hydrogens (tertiary/aromatic N) is 1. The Hall–Kier alpha value is -1.85. The molecule has 2 N–H and O–H groups in total. The van der Waals surface area contributed by atoms with Crippen LogP contribution >= 0.6 is 11.6 Å². The van der Waals surface area contributed by atoms with E-state index in [1.807, 2.05) is 24.3 Å². The van der Waals surface area contributed by atoms with Crippen molar-refractivity contribution < 1.29 is 9.21 Å². The van der Waals surface area contributed by atoms with Gasteiger partial charge in [0, 0.05) is 24.4 Å². The molecule has 3 rings (SSSR count). The molecule has 1 aliphatic rings. The minimum Gasteiger partial charge on any atom is -0.441 e. The molecule has 6 heteroatoms. The number of carbonyl (C=O) groups is 1. The van der Waals surface area contributed by atoms with Gasteiger partial charge in [-0.15, -0.1) is 0 Å². The zero-order valence-electron chi connectivity index (χ0n) is 13.7. The minimum atomic E-state index is 0.0474. The van der Waals surface area contributed by atoms with E-state index in [4.69, 9.17) is 16.0 Å². The van der Waals surface area contributed by atoms with Gasteiger partial charge in [-0.3, -0.25) is 4.79 Å². The second-order valence-electron chi connectivity index (χ2n) is 6.24. The predicted molar refractivity (Wildman–Crippen MR) is 93.9 cm³/mol. The third-order valence-electron chi connectivity index (χ3n) is 4.39. The molecule has 1 aromatic carbocycles. The fourth-order valence-corrected chi connectivity index (χ4v) is 3.17. The van der Waals surface area contributed by atoms with E-state index in [1.54, 1.807) is 6.20 Å². The van der Waals surface area contributed by atoms with Gasteiger partial charge in [0.05, 0.1) is 11.2 Å².